The van der Waals surface area contributed by atoms with Gasteiger partial charge in [0.1, 0.15) is 11.5 Å². The maximum Gasteiger partial charge on any atom is 0.270 e. The minimum Gasteiger partial charge on any atom is -0.344 e. The highest BCUT2D eigenvalue weighted by atomic mass is 16.2. The van der Waals surface area contributed by atoms with Gasteiger partial charge in [-0.1, -0.05) is 42.5 Å². The van der Waals surface area contributed by atoms with Crippen LogP contribution < -0.4 is 10.9 Å². The average molecular weight is 385 g/mol. The van der Waals surface area contributed by atoms with Crippen LogP contribution in [-0.4, -0.2) is 25.7 Å². The summed E-state index contributed by atoms with van der Waals surface area (Å²) in [6.45, 7) is 1.88. The summed E-state index contributed by atoms with van der Waals surface area (Å²) in [5.74, 6) is -0.0450. The van der Waals surface area contributed by atoms with Crippen LogP contribution >= 0.6 is 0 Å². The van der Waals surface area contributed by atoms with E-state index in [4.69, 9.17) is 0 Å². The molecule has 0 radical (unpaired) electrons. The van der Waals surface area contributed by atoms with Gasteiger partial charge < -0.3 is 10.3 Å². The fraction of sp³-hybridized carbons (Fsp3) is 0.0909. The molecular formula is C22H19N5O2. The first-order valence-electron chi connectivity index (χ1n) is 9.18. The van der Waals surface area contributed by atoms with E-state index < -0.39 is 5.91 Å². The molecule has 29 heavy (non-hydrogen) atoms. The van der Waals surface area contributed by atoms with Crippen LogP contribution in [0.2, 0.25) is 0 Å². The van der Waals surface area contributed by atoms with E-state index in [1.54, 1.807) is 10.9 Å². The second kappa shape index (κ2) is 7.93. The van der Waals surface area contributed by atoms with E-state index in [-0.39, 0.29) is 17.3 Å². The number of aromatic amines is 1. The van der Waals surface area contributed by atoms with E-state index in [1.165, 1.54) is 6.07 Å². The molecule has 1 amide bonds. The van der Waals surface area contributed by atoms with Gasteiger partial charge in [0, 0.05) is 24.0 Å². The lowest BCUT2D eigenvalue weighted by atomic mass is 10.1. The number of nitrogens with zero attached hydrogens (tertiary/aromatic N) is 3. The Balaban J connectivity index is 1.52. The molecule has 144 valence electrons. The van der Waals surface area contributed by atoms with Gasteiger partial charge >= 0.3 is 0 Å². The van der Waals surface area contributed by atoms with Crippen molar-refractivity contribution < 1.29 is 4.79 Å². The summed E-state index contributed by atoms with van der Waals surface area (Å²) in [7, 11) is 0. The number of hydrogen-bond donors (Lipinski definition) is 2. The largest absolute Gasteiger partial charge is 0.344 e. The minimum atomic E-state index is -0.406. The van der Waals surface area contributed by atoms with Gasteiger partial charge in [-0.25, -0.2) is 9.67 Å². The number of amides is 1. The van der Waals surface area contributed by atoms with Crippen molar-refractivity contribution in [3.8, 4) is 17.1 Å². The Morgan fingerprint density at radius 1 is 1.07 bits per heavy atom. The van der Waals surface area contributed by atoms with E-state index >= 15 is 0 Å². The standard InChI is InChI=1S/C22H19N5O2/c1-15(16-8-10-18(11-9-16)27-13-5-12-23-27)24-22(29)19-14-20(28)26-21(25-19)17-6-3-2-4-7-17/h2-15H,1H3,(H,24,29)(H,25,26,28). The first-order chi connectivity index (χ1) is 14.1. The molecule has 0 bridgehead atoms. The van der Waals surface area contributed by atoms with E-state index in [1.807, 2.05) is 73.8 Å². The van der Waals surface area contributed by atoms with Gasteiger partial charge in [-0.3, -0.25) is 9.59 Å². The molecule has 1 unspecified atom stereocenters. The summed E-state index contributed by atoms with van der Waals surface area (Å²) in [4.78, 5) is 31.7. The number of hydrogen-bond acceptors (Lipinski definition) is 4. The van der Waals surface area contributed by atoms with Gasteiger partial charge in [0.15, 0.2) is 0 Å². The number of H-pyrrole nitrogens is 1. The molecule has 0 saturated heterocycles. The van der Waals surface area contributed by atoms with Crippen molar-refractivity contribution in [1.82, 2.24) is 25.1 Å². The van der Waals surface area contributed by atoms with Gasteiger partial charge in [-0.15, -0.1) is 0 Å². The van der Waals surface area contributed by atoms with Crippen LogP contribution in [0.5, 0.6) is 0 Å². The molecule has 7 nitrogen and oxygen atoms in total. The Morgan fingerprint density at radius 2 is 1.83 bits per heavy atom. The predicted octanol–water partition coefficient (Wildman–Crippen LogP) is 3.11. The van der Waals surface area contributed by atoms with E-state index in [0.29, 0.717) is 5.82 Å². The molecule has 0 aliphatic heterocycles. The Bertz CT molecular complexity index is 1170. The second-order valence-electron chi connectivity index (χ2n) is 6.58. The van der Waals surface area contributed by atoms with Crippen LogP contribution in [0.1, 0.15) is 29.0 Å². The highest BCUT2D eigenvalue weighted by Gasteiger charge is 2.15. The van der Waals surface area contributed by atoms with Gasteiger partial charge in [0.05, 0.1) is 11.7 Å². The average Bonchev–Trinajstić information content (AvgIpc) is 3.29. The zero-order chi connectivity index (χ0) is 20.2. The normalized spacial score (nSPS) is 11.8. The fourth-order valence-electron chi connectivity index (χ4n) is 3.00. The summed E-state index contributed by atoms with van der Waals surface area (Å²) in [5.41, 5.74) is 2.30. The third kappa shape index (κ3) is 4.14. The molecule has 2 N–H and O–H groups in total. The number of carbonyl (C=O) groups is 1. The van der Waals surface area contributed by atoms with Crippen LogP contribution in [-0.2, 0) is 0 Å². The van der Waals surface area contributed by atoms with Crippen molar-refractivity contribution in [1.29, 1.82) is 0 Å². The summed E-state index contributed by atoms with van der Waals surface area (Å²) in [5, 5.41) is 7.09. The monoisotopic (exact) mass is 385 g/mol. The Labute approximate surface area is 167 Å². The molecule has 2 heterocycles. The molecule has 4 rings (SSSR count). The lowest BCUT2D eigenvalue weighted by molar-refractivity contribution is 0.0934. The van der Waals surface area contributed by atoms with Gasteiger partial charge in [-0.2, -0.15) is 5.10 Å². The summed E-state index contributed by atoms with van der Waals surface area (Å²) >= 11 is 0. The Hall–Kier alpha value is -4.00. The zero-order valence-electron chi connectivity index (χ0n) is 15.7. The van der Waals surface area contributed by atoms with Crippen molar-refractivity contribution in [2.75, 3.05) is 0 Å². The quantitative estimate of drug-likeness (QED) is 0.552. The van der Waals surface area contributed by atoms with Crippen molar-refractivity contribution >= 4 is 5.91 Å². The number of carbonyl (C=O) groups excluding carboxylic acids is 1. The molecule has 7 heteroatoms. The smallest absolute Gasteiger partial charge is 0.270 e. The van der Waals surface area contributed by atoms with Crippen LogP contribution in [0.4, 0.5) is 0 Å². The van der Waals surface area contributed by atoms with Crippen LogP contribution in [0.3, 0.4) is 0 Å². The molecule has 4 aromatic rings. The molecule has 2 aromatic heterocycles. The number of benzene rings is 2. The molecule has 0 saturated carbocycles. The molecule has 2 aromatic carbocycles. The summed E-state index contributed by atoms with van der Waals surface area (Å²) < 4.78 is 1.76. The second-order valence-corrected chi connectivity index (χ2v) is 6.58. The minimum absolute atomic E-state index is 0.0765. The van der Waals surface area contributed by atoms with E-state index in [2.05, 4.69) is 20.4 Å². The third-order valence-electron chi connectivity index (χ3n) is 4.53. The highest BCUT2D eigenvalue weighted by Crippen LogP contribution is 2.17. The first-order valence-corrected chi connectivity index (χ1v) is 9.18. The Morgan fingerprint density at radius 3 is 2.52 bits per heavy atom. The van der Waals surface area contributed by atoms with Gasteiger partial charge in [0.25, 0.3) is 11.5 Å². The topological polar surface area (TPSA) is 92.7 Å². The molecular weight excluding hydrogens is 366 g/mol. The maximum absolute atomic E-state index is 12.7. The zero-order valence-corrected chi connectivity index (χ0v) is 15.7. The van der Waals surface area contributed by atoms with E-state index in [9.17, 15) is 9.59 Å². The summed E-state index contributed by atoms with van der Waals surface area (Å²) in [6, 6.07) is 19.7. The van der Waals surface area contributed by atoms with E-state index in [0.717, 1.165) is 16.8 Å². The predicted molar refractivity (Wildman–Crippen MR) is 110 cm³/mol. The van der Waals surface area contributed by atoms with Gasteiger partial charge in [0.2, 0.25) is 0 Å². The molecule has 0 spiro atoms. The number of rotatable bonds is 5. The molecule has 0 aliphatic carbocycles. The SMILES string of the molecule is CC(NC(=O)c1cc(=O)[nH]c(-c2ccccc2)n1)c1ccc(-n2cccn2)cc1. The highest BCUT2D eigenvalue weighted by molar-refractivity contribution is 5.92. The number of aromatic nitrogens is 4. The summed E-state index contributed by atoms with van der Waals surface area (Å²) in [6.07, 6.45) is 3.58. The first kappa shape index (κ1) is 18.4. The van der Waals surface area contributed by atoms with Crippen LogP contribution in [0.15, 0.2) is 83.9 Å². The van der Waals surface area contributed by atoms with Crippen molar-refractivity contribution in [3.63, 3.8) is 0 Å². The lowest BCUT2D eigenvalue weighted by Gasteiger charge is -2.15. The lowest BCUT2D eigenvalue weighted by Crippen LogP contribution is -2.29. The molecule has 1 atom stereocenters. The number of nitrogens with one attached hydrogen (secondary N) is 2. The molecule has 0 fully saturated rings. The van der Waals surface area contributed by atoms with Crippen molar-refractivity contribution in [2.45, 2.75) is 13.0 Å². The van der Waals surface area contributed by atoms with Gasteiger partial charge in [-0.05, 0) is 30.7 Å². The fourth-order valence-corrected chi connectivity index (χ4v) is 3.00. The van der Waals surface area contributed by atoms with Crippen molar-refractivity contribution in [2.24, 2.45) is 0 Å². The molecule has 0 aliphatic rings. The van der Waals surface area contributed by atoms with Crippen LogP contribution in [0, 0.1) is 0 Å². The van der Waals surface area contributed by atoms with Crippen molar-refractivity contribution in [3.05, 3.63) is 101 Å². The van der Waals surface area contributed by atoms with Crippen LogP contribution in [0.25, 0.3) is 17.1 Å². The Kier molecular flexibility index (Phi) is 5.03. The maximum atomic E-state index is 12.7. The third-order valence-corrected chi connectivity index (χ3v) is 4.53.